The third-order valence-corrected chi connectivity index (χ3v) is 7.83. The van der Waals surface area contributed by atoms with Crippen molar-refractivity contribution in [2.75, 3.05) is 26.2 Å². The topological polar surface area (TPSA) is 20.2 Å². The highest BCUT2D eigenvalue weighted by atomic mass is 79.9. The Morgan fingerprint density at radius 1 is 0.793 bits per heavy atom. The first-order valence-corrected chi connectivity index (χ1v) is 11.3. The minimum absolute atomic E-state index is 0. The Balaban J connectivity index is 0.00000240. The fourth-order valence-corrected chi connectivity index (χ4v) is 5.95. The number of unbranched alkanes of at least 4 members (excludes halogenated alkanes) is 3. The fourth-order valence-electron chi connectivity index (χ4n) is 5.95. The van der Waals surface area contributed by atoms with E-state index in [0.717, 1.165) is 30.4 Å². The van der Waals surface area contributed by atoms with Crippen LogP contribution < -0.4 is 17.0 Å². The lowest BCUT2D eigenvalue weighted by Crippen LogP contribution is -3.00. The minimum Gasteiger partial charge on any atom is -1.00 e. The Morgan fingerprint density at radius 2 is 1.28 bits per heavy atom. The molecule has 3 aliphatic heterocycles. The summed E-state index contributed by atoms with van der Waals surface area (Å²) < 4.78 is 1.30. The van der Waals surface area contributed by atoms with Gasteiger partial charge in [-0.1, -0.05) is 80.4 Å². The maximum absolute atomic E-state index is 12.4. The van der Waals surface area contributed by atoms with E-state index in [4.69, 9.17) is 0 Å². The van der Waals surface area contributed by atoms with Gasteiger partial charge in [-0.3, -0.25) is 0 Å². The molecule has 3 aliphatic rings. The van der Waals surface area contributed by atoms with Crippen LogP contribution in [0.2, 0.25) is 0 Å². The molecule has 0 amide bonds. The molecule has 29 heavy (non-hydrogen) atoms. The van der Waals surface area contributed by atoms with Crippen molar-refractivity contribution in [3.63, 3.8) is 0 Å². The summed E-state index contributed by atoms with van der Waals surface area (Å²) in [5.74, 6) is 0. The SMILES string of the molecule is CCCCCC[N+]12CCC(C(O)(c3ccccc3)c3ccccc3)(CC1)CC2.[Br-]. The normalized spacial score (nSPS) is 26.1. The van der Waals surface area contributed by atoms with Crippen molar-refractivity contribution < 1.29 is 26.6 Å². The Labute approximate surface area is 187 Å². The van der Waals surface area contributed by atoms with Crippen LogP contribution in [0.4, 0.5) is 0 Å². The molecule has 2 aromatic rings. The van der Waals surface area contributed by atoms with Crippen LogP contribution >= 0.6 is 0 Å². The summed E-state index contributed by atoms with van der Waals surface area (Å²) in [4.78, 5) is 0. The Morgan fingerprint density at radius 3 is 1.72 bits per heavy atom. The van der Waals surface area contributed by atoms with E-state index in [2.05, 4.69) is 55.5 Å². The summed E-state index contributed by atoms with van der Waals surface area (Å²) in [6, 6.07) is 20.9. The highest BCUT2D eigenvalue weighted by molar-refractivity contribution is 5.39. The molecule has 0 aromatic heterocycles. The van der Waals surface area contributed by atoms with Crippen LogP contribution in [-0.4, -0.2) is 35.8 Å². The van der Waals surface area contributed by atoms with Gasteiger partial charge in [0.2, 0.25) is 0 Å². The highest BCUT2D eigenvalue weighted by Gasteiger charge is 2.60. The number of fused-ring (bicyclic) bond motifs is 3. The van der Waals surface area contributed by atoms with Crippen LogP contribution in [0.25, 0.3) is 0 Å². The molecule has 1 N–H and O–H groups in total. The molecule has 0 spiro atoms. The lowest BCUT2D eigenvalue weighted by molar-refractivity contribution is -0.946. The second-order valence-corrected chi connectivity index (χ2v) is 9.27. The number of hydrogen-bond donors (Lipinski definition) is 1. The van der Waals surface area contributed by atoms with E-state index >= 15 is 0 Å². The molecule has 0 aliphatic carbocycles. The molecule has 2 nitrogen and oxygen atoms in total. The predicted molar refractivity (Wildman–Crippen MR) is 116 cm³/mol. The first-order valence-electron chi connectivity index (χ1n) is 11.3. The number of quaternary nitrogens is 1. The fraction of sp³-hybridized carbons (Fsp3) is 0.538. The summed E-state index contributed by atoms with van der Waals surface area (Å²) in [5.41, 5.74) is 1.19. The summed E-state index contributed by atoms with van der Waals surface area (Å²) in [6.45, 7) is 7.32. The minimum atomic E-state index is -0.895. The predicted octanol–water partition coefficient (Wildman–Crippen LogP) is 2.51. The van der Waals surface area contributed by atoms with Crippen molar-refractivity contribution in [2.24, 2.45) is 5.41 Å². The molecule has 158 valence electrons. The van der Waals surface area contributed by atoms with E-state index in [1.807, 2.05) is 12.1 Å². The number of piperidine rings is 3. The maximum Gasteiger partial charge on any atom is 0.121 e. The Kier molecular flexibility index (Phi) is 7.24. The van der Waals surface area contributed by atoms with Crippen molar-refractivity contribution in [3.05, 3.63) is 71.8 Å². The molecule has 5 rings (SSSR count). The second kappa shape index (κ2) is 9.32. The average Bonchev–Trinajstić information content (AvgIpc) is 2.78. The molecule has 0 radical (unpaired) electrons. The van der Waals surface area contributed by atoms with Crippen LogP contribution in [0.15, 0.2) is 60.7 Å². The third kappa shape index (κ3) is 4.06. The van der Waals surface area contributed by atoms with Gasteiger partial charge in [-0.2, -0.15) is 0 Å². The van der Waals surface area contributed by atoms with Crippen molar-refractivity contribution in [1.29, 1.82) is 0 Å². The largest absolute Gasteiger partial charge is 1.00 e. The van der Waals surface area contributed by atoms with E-state index in [1.54, 1.807) is 0 Å². The molecule has 0 saturated carbocycles. The zero-order valence-corrected chi connectivity index (χ0v) is 19.4. The van der Waals surface area contributed by atoms with Crippen LogP contribution in [0.5, 0.6) is 0 Å². The molecule has 3 heteroatoms. The Bertz CT molecular complexity index is 697. The second-order valence-electron chi connectivity index (χ2n) is 9.27. The van der Waals surface area contributed by atoms with Gasteiger partial charge >= 0.3 is 0 Å². The van der Waals surface area contributed by atoms with E-state index in [9.17, 15) is 5.11 Å². The molecule has 2 bridgehead atoms. The molecule has 0 atom stereocenters. The van der Waals surface area contributed by atoms with Gasteiger partial charge in [0.15, 0.2) is 0 Å². The number of aliphatic hydroxyl groups is 1. The summed E-state index contributed by atoms with van der Waals surface area (Å²) >= 11 is 0. The average molecular weight is 458 g/mol. The molecule has 3 fully saturated rings. The molecule has 3 heterocycles. The lowest BCUT2D eigenvalue weighted by atomic mass is 9.56. The summed E-state index contributed by atoms with van der Waals surface area (Å²) in [7, 11) is 0. The van der Waals surface area contributed by atoms with Crippen LogP contribution in [-0.2, 0) is 5.60 Å². The smallest absolute Gasteiger partial charge is 0.121 e. The zero-order chi connectivity index (χ0) is 19.5. The van der Waals surface area contributed by atoms with Crippen LogP contribution in [0.3, 0.4) is 0 Å². The monoisotopic (exact) mass is 457 g/mol. The van der Waals surface area contributed by atoms with E-state index in [0.29, 0.717) is 0 Å². The quantitative estimate of drug-likeness (QED) is 0.476. The highest BCUT2D eigenvalue weighted by Crippen LogP contribution is 2.57. The molecule has 0 unspecified atom stereocenters. The first-order chi connectivity index (χ1) is 13.6. The van der Waals surface area contributed by atoms with Crippen LogP contribution in [0.1, 0.15) is 63.0 Å². The van der Waals surface area contributed by atoms with Gasteiger partial charge in [0.1, 0.15) is 5.60 Å². The van der Waals surface area contributed by atoms with E-state index in [1.165, 1.54) is 56.3 Å². The maximum atomic E-state index is 12.4. The van der Waals surface area contributed by atoms with Crippen LogP contribution in [0, 0.1) is 5.41 Å². The van der Waals surface area contributed by atoms with Gasteiger partial charge in [-0.25, -0.2) is 0 Å². The van der Waals surface area contributed by atoms with Gasteiger partial charge in [0.05, 0.1) is 26.2 Å². The van der Waals surface area contributed by atoms with Crippen molar-refractivity contribution in [1.82, 2.24) is 0 Å². The van der Waals surface area contributed by atoms with Crippen molar-refractivity contribution in [3.8, 4) is 0 Å². The van der Waals surface area contributed by atoms with Crippen molar-refractivity contribution in [2.45, 2.75) is 57.5 Å². The van der Waals surface area contributed by atoms with Gasteiger partial charge in [0.25, 0.3) is 0 Å². The van der Waals surface area contributed by atoms with Crippen molar-refractivity contribution >= 4 is 0 Å². The number of halogens is 1. The molecule has 3 saturated heterocycles. The van der Waals surface area contributed by atoms with E-state index in [-0.39, 0.29) is 22.4 Å². The van der Waals surface area contributed by atoms with Gasteiger partial charge in [-0.15, -0.1) is 0 Å². The zero-order valence-electron chi connectivity index (χ0n) is 17.8. The van der Waals surface area contributed by atoms with E-state index < -0.39 is 5.60 Å². The molecular formula is C26H36BrNO. The number of rotatable bonds is 8. The molecule has 2 aromatic carbocycles. The first kappa shape index (κ1) is 22.5. The van der Waals surface area contributed by atoms with Gasteiger partial charge < -0.3 is 26.6 Å². The summed E-state index contributed by atoms with van der Waals surface area (Å²) in [6.07, 6.45) is 8.79. The standard InChI is InChI=1S/C26H36NO.BrH/c1-2-3-4-11-19-27-20-16-25(17-21-27,18-22-27)26(28,23-12-7-5-8-13-23)24-14-9-6-10-15-24;/h5-10,12-15,28H,2-4,11,16-22H2,1H3;1H/q+1;/p-1. The molecular weight excluding hydrogens is 422 g/mol. The van der Waals surface area contributed by atoms with Gasteiger partial charge in [0, 0.05) is 24.7 Å². The summed E-state index contributed by atoms with van der Waals surface area (Å²) in [5, 5.41) is 12.4. The lowest BCUT2D eigenvalue weighted by Gasteiger charge is -2.60. The Hall–Kier alpha value is -1.16. The number of nitrogens with zero attached hydrogens (tertiary/aromatic N) is 1. The third-order valence-electron chi connectivity index (χ3n) is 7.83. The number of hydrogen-bond acceptors (Lipinski definition) is 1. The van der Waals surface area contributed by atoms with Gasteiger partial charge in [-0.05, 0) is 24.0 Å². The number of benzene rings is 2.